The quantitative estimate of drug-likeness (QED) is 0.486. The van der Waals surface area contributed by atoms with E-state index in [9.17, 15) is 20.4 Å². The number of aliphatic hydroxyl groups is 5. The zero-order valence-electron chi connectivity index (χ0n) is 15.9. The maximum atomic E-state index is 10.8. The van der Waals surface area contributed by atoms with Crippen molar-refractivity contribution in [2.45, 2.75) is 47.9 Å². The molecule has 5 N–H and O–H groups in total. The average Bonchev–Trinajstić information content (AvgIpc) is 3.09. The normalized spacial score (nSPS) is 31.2. The largest absolute Gasteiger partial charge is 0.396 e. The lowest BCUT2D eigenvalue weighted by Gasteiger charge is -2.45. The summed E-state index contributed by atoms with van der Waals surface area (Å²) in [5, 5.41) is 49.3. The van der Waals surface area contributed by atoms with Gasteiger partial charge in [0.25, 0.3) is 0 Å². The molecule has 0 unspecified atom stereocenters. The van der Waals surface area contributed by atoms with E-state index in [1.54, 1.807) is 0 Å². The van der Waals surface area contributed by atoms with Crippen LogP contribution in [0.5, 0.6) is 0 Å². The van der Waals surface area contributed by atoms with Crippen LogP contribution < -0.4 is 0 Å². The molecule has 0 amide bonds. The van der Waals surface area contributed by atoms with Gasteiger partial charge >= 0.3 is 0 Å². The van der Waals surface area contributed by atoms with E-state index in [2.05, 4.69) is 0 Å². The molecule has 29 heavy (non-hydrogen) atoms. The molecule has 4 rings (SSSR count). The van der Waals surface area contributed by atoms with Gasteiger partial charge in [-0.2, -0.15) is 0 Å². The van der Waals surface area contributed by atoms with Crippen LogP contribution in [0.3, 0.4) is 0 Å². The first-order chi connectivity index (χ1) is 14.0. The Kier molecular flexibility index (Phi) is 5.99. The highest BCUT2D eigenvalue weighted by Gasteiger charge is 2.57. The number of ether oxygens (including phenoxy) is 1. The molecule has 1 spiro atoms. The van der Waals surface area contributed by atoms with E-state index >= 15 is 0 Å². The van der Waals surface area contributed by atoms with Gasteiger partial charge in [0.05, 0.1) is 24.6 Å². The minimum atomic E-state index is -1.40. The summed E-state index contributed by atoms with van der Waals surface area (Å²) < 4.78 is 5.97. The van der Waals surface area contributed by atoms with Crippen LogP contribution in [0.1, 0.15) is 27.8 Å². The van der Waals surface area contributed by atoms with Crippen molar-refractivity contribution in [1.29, 1.82) is 0 Å². The zero-order valence-corrected chi connectivity index (χ0v) is 16.8. The highest BCUT2D eigenvalue weighted by Crippen LogP contribution is 2.54. The fourth-order valence-electron chi connectivity index (χ4n) is 4.12. The van der Waals surface area contributed by atoms with Crippen molar-refractivity contribution in [3.63, 3.8) is 0 Å². The molecule has 2 aromatic carbocycles. The van der Waals surface area contributed by atoms with Gasteiger partial charge in [-0.15, -0.1) is 11.8 Å². The Bertz CT molecular complexity index is 855. The summed E-state index contributed by atoms with van der Waals surface area (Å²) in [4.78, 5) is -1.21. The maximum Gasteiger partial charge on any atom is 0.168 e. The van der Waals surface area contributed by atoms with Crippen LogP contribution in [0.2, 0.25) is 0 Å². The summed E-state index contributed by atoms with van der Waals surface area (Å²) in [5.74, 6) is 0. The summed E-state index contributed by atoms with van der Waals surface area (Å²) in [5.41, 5.74) is 4.96. The van der Waals surface area contributed by atoms with Crippen molar-refractivity contribution in [2.75, 3.05) is 13.2 Å². The van der Waals surface area contributed by atoms with Crippen molar-refractivity contribution in [3.8, 4) is 0 Å². The summed E-state index contributed by atoms with van der Waals surface area (Å²) in [6, 6.07) is 14.1. The number of hydrogen-bond acceptors (Lipinski definition) is 7. The molecule has 2 aliphatic heterocycles. The van der Waals surface area contributed by atoms with E-state index < -0.39 is 28.5 Å². The number of hydrogen-bond donors (Lipinski definition) is 5. The fourth-order valence-corrected chi connectivity index (χ4v) is 5.67. The molecular weight excluding hydrogens is 392 g/mol. The minimum Gasteiger partial charge on any atom is -0.396 e. The predicted molar refractivity (Wildman–Crippen MR) is 109 cm³/mol. The van der Waals surface area contributed by atoms with Crippen molar-refractivity contribution in [3.05, 3.63) is 70.3 Å². The number of thioether (sulfide) groups is 1. The Labute approximate surface area is 173 Å². The van der Waals surface area contributed by atoms with Gasteiger partial charge in [0.15, 0.2) is 4.93 Å². The van der Waals surface area contributed by atoms with E-state index in [4.69, 9.17) is 9.84 Å². The topological polar surface area (TPSA) is 110 Å². The van der Waals surface area contributed by atoms with E-state index in [1.807, 2.05) is 42.5 Å². The van der Waals surface area contributed by atoms with E-state index in [0.717, 1.165) is 27.8 Å². The third-order valence-electron chi connectivity index (χ3n) is 5.77. The van der Waals surface area contributed by atoms with Crippen LogP contribution >= 0.6 is 11.8 Å². The monoisotopic (exact) mass is 418 g/mol. The molecule has 0 aromatic heterocycles. The lowest BCUT2D eigenvalue weighted by molar-refractivity contribution is -0.147. The first kappa shape index (κ1) is 20.8. The molecule has 1 saturated heterocycles. The number of fused-ring (bicyclic) bond motifs is 2. The lowest BCUT2D eigenvalue weighted by atomic mass is 9.91. The minimum absolute atomic E-state index is 0.127. The second kappa shape index (κ2) is 8.35. The maximum absolute atomic E-state index is 10.8. The molecule has 0 bridgehead atoms. The first-order valence-corrected chi connectivity index (χ1v) is 10.6. The molecule has 5 atom stereocenters. The highest BCUT2D eigenvalue weighted by atomic mass is 32.2. The van der Waals surface area contributed by atoms with Gasteiger partial charge in [-0.1, -0.05) is 42.5 Å². The van der Waals surface area contributed by atoms with Gasteiger partial charge in [-0.3, -0.25) is 0 Å². The molecule has 0 radical (unpaired) electrons. The molecule has 7 heteroatoms. The van der Waals surface area contributed by atoms with Crippen LogP contribution in [-0.2, 0) is 29.1 Å². The predicted octanol–water partition coefficient (Wildman–Crippen LogP) is 0.686. The van der Waals surface area contributed by atoms with Crippen LogP contribution in [0.4, 0.5) is 0 Å². The van der Waals surface area contributed by atoms with Gasteiger partial charge in [0.1, 0.15) is 12.2 Å². The first-order valence-electron chi connectivity index (χ1n) is 9.76. The summed E-state index contributed by atoms with van der Waals surface area (Å²) in [7, 11) is 0. The molecular formula is C22H26O6S. The number of aliphatic hydroxyl groups excluding tert-OH is 5. The molecule has 0 saturated carbocycles. The Morgan fingerprint density at radius 3 is 2.31 bits per heavy atom. The number of rotatable bonds is 5. The fraction of sp³-hybridized carbons (Fsp3) is 0.455. The Balaban J connectivity index is 1.62. The third kappa shape index (κ3) is 3.72. The number of benzene rings is 2. The van der Waals surface area contributed by atoms with E-state index in [-0.39, 0.29) is 13.2 Å². The third-order valence-corrected chi connectivity index (χ3v) is 7.43. The smallest absolute Gasteiger partial charge is 0.168 e. The van der Waals surface area contributed by atoms with Gasteiger partial charge in [-0.05, 0) is 35.1 Å². The average molecular weight is 419 g/mol. The van der Waals surface area contributed by atoms with Gasteiger partial charge in [0, 0.05) is 12.2 Å². The molecule has 6 nitrogen and oxygen atoms in total. The second-order valence-corrected chi connectivity index (χ2v) is 9.13. The van der Waals surface area contributed by atoms with Crippen molar-refractivity contribution < 1.29 is 30.3 Å². The molecule has 0 aliphatic carbocycles. The summed E-state index contributed by atoms with van der Waals surface area (Å²) in [6.07, 6.45) is -2.60. The molecule has 2 aliphatic rings. The van der Waals surface area contributed by atoms with Crippen LogP contribution in [0.25, 0.3) is 0 Å². The Morgan fingerprint density at radius 2 is 1.62 bits per heavy atom. The summed E-state index contributed by atoms with van der Waals surface area (Å²) >= 11 is 1.17. The highest BCUT2D eigenvalue weighted by molar-refractivity contribution is 8.00. The molecule has 2 heterocycles. The molecule has 1 fully saturated rings. The van der Waals surface area contributed by atoms with Gasteiger partial charge in [-0.25, -0.2) is 0 Å². The van der Waals surface area contributed by atoms with Gasteiger partial charge < -0.3 is 30.3 Å². The van der Waals surface area contributed by atoms with Crippen LogP contribution in [-0.4, -0.2) is 62.3 Å². The SMILES string of the molecule is OCCc1ccc(Cc2ccc3c(c2)[C@]2(OC3)S[C@H](CO)[C@@H](O)[C@H](O)[C@H]2O)cc1. The van der Waals surface area contributed by atoms with Crippen LogP contribution in [0, 0.1) is 0 Å². The Hall–Kier alpha value is -1.45. The second-order valence-electron chi connectivity index (χ2n) is 7.68. The summed E-state index contributed by atoms with van der Waals surface area (Å²) in [6.45, 7) is 0.105. The zero-order chi connectivity index (χ0) is 20.6. The van der Waals surface area contributed by atoms with Crippen molar-refractivity contribution in [2.24, 2.45) is 0 Å². The lowest BCUT2D eigenvalue weighted by Crippen LogP contribution is -2.58. The van der Waals surface area contributed by atoms with E-state index in [0.29, 0.717) is 19.4 Å². The van der Waals surface area contributed by atoms with Gasteiger partial charge in [0.2, 0.25) is 0 Å². The van der Waals surface area contributed by atoms with E-state index in [1.165, 1.54) is 11.8 Å². The van der Waals surface area contributed by atoms with Crippen LogP contribution in [0.15, 0.2) is 42.5 Å². The molecule has 2 aromatic rings. The molecule has 156 valence electrons. The standard InChI is InChI=1S/C22H26O6S/c23-8-7-13-1-3-14(4-2-13)9-15-5-6-16-12-28-22(17(16)10-15)21(27)20(26)19(25)18(11-24)29-22/h1-6,10,18-21,23-27H,7-9,11-12H2/t18-,19-,20+,21-,22+/m1/s1. The van der Waals surface area contributed by atoms with Crippen molar-refractivity contribution in [1.82, 2.24) is 0 Å². The Morgan fingerprint density at radius 1 is 0.931 bits per heavy atom. The van der Waals surface area contributed by atoms with Crippen molar-refractivity contribution >= 4 is 11.8 Å².